The number of hydrogen-bond donors (Lipinski definition) is 1. The van der Waals surface area contributed by atoms with E-state index in [1.807, 2.05) is 36.4 Å². The van der Waals surface area contributed by atoms with Crippen LogP contribution < -0.4 is 14.8 Å². The molecule has 0 fully saturated rings. The zero-order valence-electron chi connectivity index (χ0n) is 14.8. The predicted molar refractivity (Wildman–Crippen MR) is 108 cm³/mol. The fourth-order valence-corrected chi connectivity index (χ4v) is 3.13. The van der Waals surface area contributed by atoms with Crippen LogP contribution in [-0.4, -0.2) is 13.7 Å². The summed E-state index contributed by atoms with van der Waals surface area (Å²) in [6.45, 7) is 4.43. The number of rotatable bonds is 10. The molecule has 3 nitrogen and oxygen atoms in total. The molecule has 136 valence electrons. The van der Waals surface area contributed by atoms with Crippen molar-refractivity contribution in [2.75, 3.05) is 13.7 Å². The number of ether oxygens (including phenoxy) is 2. The third-order valence-corrected chi connectivity index (χ3v) is 5.05. The van der Waals surface area contributed by atoms with Crippen molar-refractivity contribution in [3.8, 4) is 11.5 Å². The van der Waals surface area contributed by atoms with Gasteiger partial charge in [-0.25, -0.2) is 0 Å². The van der Waals surface area contributed by atoms with Crippen LogP contribution in [0.3, 0.4) is 0 Å². The molecule has 5 heteroatoms. The molecule has 0 aromatic heterocycles. The number of halogens is 2. The van der Waals surface area contributed by atoms with Crippen LogP contribution in [0.4, 0.5) is 0 Å². The standard InChI is InChI=1S/C20H25BrClNO2/c1-3-4-7-10-23-13-16-11-19(24-2)20(12-17(16)21)25-14-15-8-5-6-9-18(15)22/h5-6,8-9,11-12,23H,3-4,7,10,13-14H2,1-2H3. The Bertz CT molecular complexity index is 679. The molecule has 0 aliphatic heterocycles. The minimum Gasteiger partial charge on any atom is -0.493 e. The summed E-state index contributed by atoms with van der Waals surface area (Å²) in [5.74, 6) is 1.42. The molecule has 2 aromatic carbocycles. The Morgan fingerprint density at radius 3 is 2.60 bits per heavy atom. The van der Waals surface area contributed by atoms with Crippen LogP contribution in [0, 0.1) is 0 Å². The third-order valence-electron chi connectivity index (χ3n) is 3.95. The van der Waals surface area contributed by atoms with E-state index >= 15 is 0 Å². The highest BCUT2D eigenvalue weighted by Crippen LogP contribution is 2.34. The van der Waals surface area contributed by atoms with E-state index < -0.39 is 0 Å². The van der Waals surface area contributed by atoms with Gasteiger partial charge in [-0.15, -0.1) is 0 Å². The van der Waals surface area contributed by atoms with Crippen LogP contribution in [0.2, 0.25) is 5.02 Å². The summed E-state index contributed by atoms with van der Waals surface area (Å²) in [5.41, 5.74) is 2.10. The van der Waals surface area contributed by atoms with Crippen LogP contribution in [0.1, 0.15) is 37.3 Å². The molecule has 2 rings (SSSR count). The Balaban J connectivity index is 2.01. The van der Waals surface area contributed by atoms with E-state index in [1.165, 1.54) is 19.3 Å². The van der Waals surface area contributed by atoms with Gasteiger partial charge in [0.05, 0.1) is 7.11 Å². The van der Waals surface area contributed by atoms with Crippen molar-refractivity contribution in [2.45, 2.75) is 39.3 Å². The van der Waals surface area contributed by atoms with E-state index in [9.17, 15) is 0 Å². The molecular formula is C20H25BrClNO2. The van der Waals surface area contributed by atoms with Gasteiger partial charge in [0.15, 0.2) is 11.5 Å². The van der Waals surface area contributed by atoms with E-state index in [0.29, 0.717) is 17.4 Å². The van der Waals surface area contributed by atoms with Gasteiger partial charge in [-0.3, -0.25) is 0 Å². The third kappa shape index (κ3) is 6.21. The Kier molecular flexibility index (Phi) is 8.59. The molecular weight excluding hydrogens is 402 g/mol. The van der Waals surface area contributed by atoms with E-state index in [-0.39, 0.29) is 0 Å². The minimum atomic E-state index is 0.400. The quantitative estimate of drug-likeness (QED) is 0.475. The molecule has 0 radical (unpaired) electrons. The highest BCUT2D eigenvalue weighted by Gasteiger charge is 2.11. The molecule has 0 bridgehead atoms. The smallest absolute Gasteiger partial charge is 0.162 e. The van der Waals surface area contributed by atoms with E-state index in [2.05, 4.69) is 28.2 Å². The Morgan fingerprint density at radius 1 is 1.08 bits per heavy atom. The summed E-state index contributed by atoms with van der Waals surface area (Å²) >= 11 is 9.82. The van der Waals surface area contributed by atoms with Gasteiger partial charge in [0.2, 0.25) is 0 Å². The highest BCUT2D eigenvalue weighted by molar-refractivity contribution is 9.10. The monoisotopic (exact) mass is 425 g/mol. The Morgan fingerprint density at radius 2 is 1.88 bits per heavy atom. The summed E-state index contributed by atoms with van der Waals surface area (Å²) < 4.78 is 12.4. The number of benzene rings is 2. The van der Waals surface area contributed by atoms with Crippen LogP contribution >= 0.6 is 27.5 Å². The molecule has 0 aliphatic carbocycles. The zero-order chi connectivity index (χ0) is 18.1. The lowest BCUT2D eigenvalue weighted by Gasteiger charge is -2.15. The van der Waals surface area contributed by atoms with Crippen molar-refractivity contribution in [1.29, 1.82) is 0 Å². The Labute approximate surface area is 163 Å². The van der Waals surface area contributed by atoms with Gasteiger partial charge < -0.3 is 14.8 Å². The number of nitrogens with one attached hydrogen (secondary N) is 1. The fourth-order valence-electron chi connectivity index (χ4n) is 2.48. The van der Waals surface area contributed by atoms with Crippen molar-refractivity contribution in [1.82, 2.24) is 5.32 Å². The van der Waals surface area contributed by atoms with E-state index in [4.69, 9.17) is 21.1 Å². The van der Waals surface area contributed by atoms with Gasteiger partial charge in [-0.2, -0.15) is 0 Å². The van der Waals surface area contributed by atoms with Gasteiger partial charge in [-0.1, -0.05) is 65.5 Å². The second kappa shape index (κ2) is 10.7. The average Bonchev–Trinajstić information content (AvgIpc) is 2.62. The van der Waals surface area contributed by atoms with Gasteiger partial charge in [0.1, 0.15) is 6.61 Å². The van der Waals surface area contributed by atoms with Gasteiger partial charge in [-0.05, 0) is 36.7 Å². The molecule has 0 saturated heterocycles. The first-order chi connectivity index (χ1) is 12.2. The lowest BCUT2D eigenvalue weighted by Crippen LogP contribution is -2.15. The normalized spacial score (nSPS) is 10.7. The van der Waals surface area contributed by atoms with Crippen LogP contribution in [0.15, 0.2) is 40.9 Å². The number of methoxy groups -OCH3 is 1. The topological polar surface area (TPSA) is 30.5 Å². The largest absolute Gasteiger partial charge is 0.493 e. The molecule has 0 spiro atoms. The maximum Gasteiger partial charge on any atom is 0.162 e. The first-order valence-corrected chi connectivity index (χ1v) is 9.76. The van der Waals surface area contributed by atoms with Crippen molar-refractivity contribution >= 4 is 27.5 Å². The molecule has 0 aliphatic rings. The van der Waals surface area contributed by atoms with Crippen LogP contribution in [0.25, 0.3) is 0 Å². The molecule has 0 saturated carbocycles. The lowest BCUT2D eigenvalue weighted by atomic mass is 10.2. The first kappa shape index (κ1) is 20.1. The molecule has 0 unspecified atom stereocenters. The van der Waals surface area contributed by atoms with Gasteiger partial charge in [0, 0.05) is 21.6 Å². The van der Waals surface area contributed by atoms with Crippen molar-refractivity contribution < 1.29 is 9.47 Å². The lowest BCUT2D eigenvalue weighted by molar-refractivity contribution is 0.284. The van der Waals surface area contributed by atoms with Crippen molar-refractivity contribution in [2.24, 2.45) is 0 Å². The maximum absolute atomic E-state index is 6.19. The molecule has 1 N–H and O–H groups in total. The SMILES string of the molecule is CCCCCNCc1cc(OC)c(OCc2ccccc2Cl)cc1Br. The molecule has 25 heavy (non-hydrogen) atoms. The minimum absolute atomic E-state index is 0.400. The first-order valence-electron chi connectivity index (χ1n) is 8.59. The highest BCUT2D eigenvalue weighted by atomic mass is 79.9. The second-order valence-corrected chi connectivity index (χ2v) is 7.12. The van der Waals surface area contributed by atoms with Gasteiger partial charge >= 0.3 is 0 Å². The summed E-state index contributed by atoms with van der Waals surface area (Å²) in [6, 6.07) is 11.6. The average molecular weight is 427 g/mol. The summed E-state index contributed by atoms with van der Waals surface area (Å²) in [6.07, 6.45) is 3.69. The second-order valence-electron chi connectivity index (χ2n) is 5.86. The number of unbranched alkanes of at least 4 members (excludes halogenated alkanes) is 2. The predicted octanol–water partition coefficient (Wildman–Crippen LogP) is 5.97. The zero-order valence-corrected chi connectivity index (χ0v) is 17.1. The molecule has 2 aromatic rings. The van der Waals surface area contributed by atoms with Crippen LogP contribution in [0.5, 0.6) is 11.5 Å². The van der Waals surface area contributed by atoms with E-state index in [0.717, 1.165) is 34.4 Å². The number of hydrogen-bond acceptors (Lipinski definition) is 3. The summed E-state index contributed by atoms with van der Waals surface area (Å²) in [5, 5.41) is 4.17. The maximum atomic E-state index is 6.19. The Hall–Kier alpha value is -1.23. The van der Waals surface area contributed by atoms with Gasteiger partial charge in [0.25, 0.3) is 0 Å². The molecule has 0 amide bonds. The van der Waals surface area contributed by atoms with Crippen molar-refractivity contribution in [3.05, 3.63) is 57.0 Å². The molecule has 0 heterocycles. The van der Waals surface area contributed by atoms with E-state index in [1.54, 1.807) is 7.11 Å². The summed E-state index contributed by atoms with van der Waals surface area (Å²) in [4.78, 5) is 0. The summed E-state index contributed by atoms with van der Waals surface area (Å²) in [7, 11) is 1.66. The van der Waals surface area contributed by atoms with Crippen LogP contribution in [-0.2, 0) is 13.2 Å². The van der Waals surface area contributed by atoms with Crippen molar-refractivity contribution in [3.63, 3.8) is 0 Å². The fraction of sp³-hybridized carbons (Fsp3) is 0.400. The molecule has 0 atom stereocenters.